The second-order valence-corrected chi connectivity index (χ2v) is 3.88. The molecule has 0 aliphatic carbocycles. The first-order valence-electron chi connectivity index (χ1n) is 4.97. The maximum absolute atomic E-state index is 13.6. The maximum atomic E-state index is 13.6. The van der Waals surface area contributed by atoms with Crippen molar-refractivity contribution >= 4 is 5.69 Å². The lowest BCUT2D eigenvalue weighted by Crippen LogP contribution is -2.14. The molecule has 1 aromatic rings. The Labute approximate surface area is 83.3 Å². The van der Waals surface area contributed by atoms with Gasteiger partial charge in [-0.1, -0.05) is 0 Å². The van der Waals surface area contributed by atoms with Gasteiger partial charge in [-0.05, 0) is 44.0 Å². The molecule has 2 nitrogen and oxygen atoms in total. The van der Waals surface area contributed by atoms with E-state index in [0.29, 0.717) is 5.69 Å². The van der Waals surface area contributed by atoms with E-state index >= 15 is 0 Å². The standard InChI is InChI=1S/C11H15FN2/c1-7-5-8(9(12)6-10(7)13)11-3-2-4-14-11/h5-6,11,14H,2-4,13H2,1H3/t11-/m0/s1. The number of anilines is 1. The normalized spacial score (nSPS) is 21.4. The number of benzene rings is 1. The molecule has 1 aromatic carbocycles. The van der Waals surface area contributed by atoms with Crippen molar-refractivity contribution in [3.63, 3.8) is 0 Å². The van der Waals surface area contributed by atoms with Gasteiger partial charge in [0.25, 0.3) is 0 Å². The Kier molecular flexibility index (Phi) is 2.42. The molecule has 0 radical (unpaired) electrons. The monoisotopic (exact) mass is 194 g/mol. The molecular weight excluding hydrogens is 179 g/mol. The molecule has 3 N–H and O–H groups in total. The average molecular weight is 194 g/mol. The number of hydrogen-bond acceptors (Lipinski definition) is 2. The van der Waals surface area contributed by atoms with Crippen molar-refractivity contribution in [2.75, 3.05) is 12.3 Å². The molecule has 1 saturated heterocycles. The molecule has 1 heterocycles. The van der Waals surface area contributed by atoms with Crippen LogP contribution in [-0.2, 0) is 0 Å². The fourth-order valence-electron chi connectivity index (χ4n) is 1.94. The minimum Gasteiger partial charge on any atom is -0.398 e. The predicted octanol–water partition coefficient (Wildman–Crippen LogP) is 2.14. The van der Waals surface area contributed by atoms with Crippen LogP contribution in [0.25, 0.3) is 0 Å². The van der Waals surface area contributed by atoms with E-state index in [1.807, 2.05) is 13.0 Å². The van der Waals surface area contributed by atoms with Crippen LogP contribution in [-0.4, -0.2) is 6.54 Å². The zero-order valence-electron chi connectivity index (χ0n) is 8.31. The Morgan fingerprint density at radius 2 is 2.29 bits per heavy atom. The molecule has 0 unspecified atom stereocenters. The number of aryl methyl sites for hydroxylation is 1. The van der Waals surface area contributed by atoms with Gasteiger partial charge >= 0.3 is 0 Å². The van der Waals surface area contributed by atoms with Crippen molar-refractivity contribution < 1.29 is 4.39 Å². The maximum Gasteiger partial charge on any atom is 0.130 e. The highest BCUT2D eigenvalue weighted by Crippen LogP contribution is 2.28. The van der Waals surface area contributed by atoms with Gasteiger partial charge in [-0.3, -0.25) is 0 Å². The molecule has 1 aliphatic rings. The van der Waals surface area contributed by atoms with Crippen molar-refractivity contribution in [3.8, 4) is 0 Å². The van der Waals surface area contributed by atoms with Crippen LogP contribution >= 0.6 is 0 Å². The van der Waals surface area contributed by atoms with Crippen molar-refractivity contribution in [1.29, 1.82) is 0 Å². The second-order valence-electron chi connectivity index (χ2n) is 3.88. The van der Waals surface area contributed by atoms with E-state index in [1.54, 1.807) is 0 Å². The van der Waals surface area contributed by atoms with Crippen LogP contribution in [0.2, 0.25) is 0 Å². The van der Waals surface area contributed by atoms with Crippen LogP contribution < -0.4 is 11.1 Å². The second kappa shape index (κ2) is 3.58. The third-order valence-electron chi connectivity index (χ3n) is 2.82. The minimum absolute atomic E-state index is 0.175. The van der Waals surface area contributed by atoms with Gasteiger partial charge in [0.1, 0.15) is 5.82 Å². The van der Waals surface area contributed by atoms with Gasteiger partial charge in [-0.15, -0.1) is 0 Å². The van der Waals surface area contributed by atoms with E-state index in [2.05, 4.69) is 5.32 Å². The van der Waals surface area contributed by atoms with Gasteiger partial charge in [0.05, 0.1) is 0 Å². The van der Waals surface area contributed by atoms with Crippen LogP contribution in [0.5, 0.6) is 0 Å². The van der Waals surface area contributed by atoms with Gasteiger partial charge in [-0.25, -0.2) is 4.39 Å². The van der Waals surface area contributed by atoms with Crippen molar-refractivity contribution in [2.45, 2.75) is 25.8 Å². The third kappa shape index (κ3) is 1.60. The molecule has 1 fully saturated rings. The summed E-state index contributed by atoms with van der Waals surface area (Å²) < 4.78 is 13.6. The summed E-state index contributed by atoms with van der Waals surface area (Å²) in [5, 5.41) is 3.28. The summed E-state index contributed by atoms with van der Waals surface area (Å²) in [6, 6.07) is 3.45. The number of nitrogens with one attached hydrogen (secondary N) is 1. The first kappa shape index (κ1) is 9.46. The highest BCUT2D eigenvalue weighted by molar-refractivity contribution is 5.49. The number of rotatable bonds is 1. The Morgan fingerprint density at radius 1 is 1.50 bits per heavy atom. The van der Waals surface area contributed by atoms with Crippen LogP contribution in [0.1, 0.15) is 30.0 Å². The third-order valence-corrected chi connectivity index (χ3v) is 2.82. The molecule has 14 heavy (non-hydrogen) atoms. The van der Waals surface area contributed by atoms with E-state index in [9.17, 15) is 4.39 Å². The molecular formula is C11H15FN2. The number of nitrogen functional groups attached to an aromatic ring is 1. The molecule has 0 saturated carbocycles. The summed E-state index contributed by atoms with van der Waals surface area (Å²) in [6.07, 6.45) is 2.13. The van der Waals surface area contributed by atoms with Crippen LogP contribution in [0.15, 0.2) is 12.1 Å². The summed E-state index contributed by atoms with van der Waals surface area (Å²) in [7, 11) is 0. The zero-order valence-corrected chi connectivity index (χ0v) is 8.31. The molecule has 1 aliphatic heterocycles. The summed E-state index contributed by atoms with van der Waals surface area (Å²) >= 11 is 0. The Balaban J connectivity index is 2.37. The van der Waals surface area contributed by atoms with Gasteiger partial charge < -0.3 is 11.1 Å². The van der Waals surface area contributed by atoms with E-state index < -0.39 is 0 Å². The molecule has 76 valence electrons. The van der Waals surface area contributed by atoms with E-state index in [4.69, 9.17) is 5.73 Å². The Bertz CT molecular complexity index is 343. The van der Waals surface area contributed by atoms with E-state index in [-0.39, 0.29) is 11.9 Å². The molecule has 2 rings (SSSR count). The summed E-state index contributed by atoms with van der Waals surface area (Å²) in [5.74, 6) is -0.187. The lowest BCUT2D eigenvalue weighted by molar-refractivity contribution is 0.559. The van der Waals surface area contributed by atoms with Gasteiger partial charge in [-0.2, -0.15) is 0 Å². The molecule has 0 aromatic heterocycles. The lowest BCUT2D eigenvalue weighted by Gasteiger charge is -2.13. The van der Waals surface area contributed by atoms with Crippen LogP contribution in [0, 0.1) is 12.7 Å². The fourth-order valence-corrected chi connectivity index (χ4v) is 1.94. The molecule has 0 bridgehead atoms. The smallest absolute Gasteiger partial charge is 0.130 e. The summed E-state index contributed by atoms with van der Waals surface area (Å²) in [6.45, 7) is 2.89. The molecule has 0 amide bonds. The van der Waals surface area contributed by atoms with Crippen molar-refractivity contribution in [1.82, 2.24) is 5.32 Å². The van der Waals surface area contributed by atoms with Crippen LogP contribution in [0.4, 0.5) is 10.1 Å². The molecule has 1 atom stereocenters. The first-order chi connectivity index (χ1) is 6.68. The average Bonchev–Trinajstić information content (AvgIpc) is 2.64. The quantitative estimate of drug-likeness (QED) is 0.672. The topological polar surface area (TPSA) is 38.0 Å². The summed E-state index contributed by atoms with van der Waals surface area (Å²) in [5.41, 5.74) is 7.87. The first-order valence-corrected chi connectivity index (χ1v) is 4.97. The summed E-state index contributed by atoms with van der Waals surface area (Å²) in [4.78, 5) is 0. The number of hydrogen-bond donors (Lipinski definition) is 2. The van der Waals surface area contributed by atoms with Crippen molar-refractivity contribution in [3.05, 3.63) is 29.1 Å². The molecule has 0 spiro atoms. The Hall–Kier alpha value is -1.09. The lowest BCUT2D eigenvalue weighted by atomic mass is 10.0. The zero-order chi connectivity index (χ0) is 10.1. The predicted molar refractivity (Wildman–Crippen MR) is 55.5 cm³/mol. The SMILES string of the molecule is Cc1cc([C@@H]2CCCN2)c(F)cc1N. The van der Waals surface area contributed by atoms with E-state index in [0.717, 1.165) is 30.5 Å². The van der Waals surface area contributed by atoms with Gasteiger partial charge in [0.15, 0.2) is 0 Å². The number of halogens is 1. The van der Waals surface area contributed by atoms with Crippen molar-refractivity contribution in [2.24, 2.45) is 0 Å². The number of nitrogens with two attached hydrogens (primary N) is 1. The molecule has 3 heteroatoms. The minimum atomic E-state index is -0.187. The highest BCUT2D eigenvalue weighted by Gasteiger charge is 2.20. The van der Waals surface area contributed by atoms with Gasteiger partial charge in [0, 0.05) is 17.3 Å². The largest absolute Gasteiger partial charge is 0.398 e. The Morgan fingerprint density at radius 3 is 2.93 bits per heavy atom. The fraction of sp³-hybridized carbons (Fsp3) is 0.455. The highest BCUT2D eigenvalue weighted by atomic mass is 19.1. The van der Waals surface area contributed by atoms with Gasteiger partial charge in [0.2, 0.25) is 0 Å². The van der Waals surface area contributed by atoms with E-state index in [1.165, 1.54) is 6.07 Å². The van der Waals surface area contributed by atoms with Crippen LogP contribution in [0.3, 0.4) is 0 Å².